The molecular weight excluding hydrogens is 270 g/mol. The molecule has 1 rings (SSSR count). The predicted molar refractivity (Wildman–Crippen MR) is 81.9 cm³/mol. The summed E-state index contributed by atoms with van der Waals surface area (Å²) in [6.45, 7) is 5.00. The van der Waals surface area contributed by atoms with Crippen molar-refractivity contribution in [2.45, 2.75) is 39.2 Å². The zero-order valence-electron chi connectivity index (χ0n) is 13.0. The van der Waals surface area contributed by atoms with Crippen molar-refractivity contribution < 1.29 is 19.7 Å². The van der Waals surface area contributed by atoms with Gasteiger partial charge in [0, 0.05) is 12.6 Å². The van der Waals surface area contributed by atoms with E-state index in [0.717, 1.165) is 18.4 Å². The molecule has 0 radical (unpaired) electrons. The Morgan fingerprint density at radius 3 is 2.67 bits per heavy atom. The lowest BCUT2D eigenvalue weighted by molar-refractivity contribution is -0.137. The molecule has 0 saturated carbocycles. The standard InChI is InChI=1S/C16H25NO4/c1-4-13(17(3)9-8-16(19)20)10-12-6-7-14(18)15(11-12)21-5-2/h6-7,11,13,18H,4-5,8-10H2,1-3H3,(H,19,20). The van der Waals surface area contributed by atoms with E-state index in [1.807, 2.05) is 26.1 Å². The Morgan fingerprint density at radius 2 is 2.10 bits per heavy atom. The van der Waals surface area contributed by atoms with Crippen LogP contribution in [-0.4, -0.2) is 47.3 Å². The number of benzene rings is 1. The molecule has 0 heterocycles. The summed E-state index contributed by atoms with van der Waals surface area (Å²) in [6.07, 6.45) is 1.88. The summed E-state index contributed by atoms with van der Waals surface area (Å²) in [5.41, 5.74) is 1.07. The van der Waals surface area contributed by atoms with E-state index in [-0.39, 0.29) is 18.2 Å². The number of phenols is 1. The van der Waals surface area contributed by atoms with E-state index >= 15 is 0 Å². The summed E-state index contributed by atoms with van der Waals surface area (Å²) in [7, 11) is 1.95. The number of likely N-dealkylation sites (N-methyl/N-ethyl adjacent to an activating group) is 1. The van der Waals surface area contributed by atoms with Crippen LogP contribution in [0.5, 0.6) is 11.5 Å². The molecule has 0 amide bonds. The molecule has 1 unspecified atom stereocenters. The van der Waals surface area contributed by atoms with Gasteiger partial charge >= 0.3 is 5.97 Å². The number of rotatable bonds is 9. The van der Waals surface area contributed by atoms with Crippen LogP contribution in [0.25, 0.3) is 0 Å². The van der Waals surface area contributed by atoms with Gasteiger partial charge in [-0.15, -0.1) is 0 Å². The molecule has 0 saturated heterocycles. The molecule has 0 fully saturated rings. The third-order valence-electron chi connectivity index (χ3n) is 3.57. The minimum atomic E-state index is -0.778. The van der Waals surface area contributed by atoms with E-state index in [4.69, 9.17) is 9.84 Å². The molecule has 1 aromatic rings. The van der Waals surface area contributed by atoms with Crippen LogP contribution in [0.2, 0.25) is 0 Å². The second kappa shape index (κ2) is 8.52. The SMILES string of the molecule is CCOc1cc(CC(CC)N(C)CCC(=O)O)ccc1O. The van der Waals surface area contributed by atoms with Crippen molar-refractivity contribution >= 4 is 5.97 Å². The Hall–Kier alpha value is -1.75. The van der Waals surface area contributed by atoms with Crippen LogP contribution in [0, 0.1) is 0 Å². The number of aliphatic carboxylic acids is 1. The third-order valence-corrected chi connectivity index (χ3v) is 3.57. The lowest BCUT2D eigenvalue weighted by atomic mass is 10.0. The molecule has 0 aliphatic rings. The molecule has 2 N–H and O–H groups in total. The number of phenolic OH excluding ortho intramolecular Hbond substituents is 1. The highest BCUT2D eigenvalue weighted by molar-refractivity contribution is 5.66. The van der Waals surface area contributed by atoms with E-state index in [2.05, 4.69) is 11.8 Å². The molecule has 0 aromatic heterocycles. The topological polar surface area (TPSA) is 70.0 Å². The summed E-state index contributed by atoms with van der Waals surface area (Å²) in [4.78, 5) is 12.7. The van der Waals surface area contributed by atoms with E-state index in [1.54, 1.807) is 6.07 Å². The van der Waals surface area contributed by atoms with Gasteiger partial charge in [0.1, 0.15) is 0 Å². The van der Waals surface area contributed by atoms with Crippen LogP contribution in [0.1, 0.15) is 32.3 Å². The second-order valence-corrected chi connectivity index (χ2v) is 5.13. The lowest BCUT2D eigenvalue weighted by Gasteiger charge is -2.27. The highest BCUT2D eigenvalue weighted by Gasteiger charge is 2.15. The smallest absolute Gasteiger partial charge is 0.304 e. The van der Waals surface area contributed by atoms with Crippen molar-refractivity contribution in [1.29, 1.82) is 0 Å². The molecule has 118 valence electrons. The van der Waals surface area contributed by atoms with Gasteiger partial charge in [-0.05, 0) is 44.5 Å². The molecule has 5 nitrogen and oxygen atoms in total. The number of carbonyl (C=O) groups is 1. The molecule has 21 heavy (non-hydrogen) atoms. The summed E-state index contributed by atoms with van der Waals surface area (Å²) >= 11 is 0. The Labute approximate surface area is 126 Å². The molecule has 1 atom stereocenters. The van der Waals surface area contributed by atoms with Crippen LogP contribution >= 0.6 is 0 Å². The zero-order valence-corrected chi connectivity index (χ0v) is 13.0. The minimum Gasteiger partial charge on any atom is -0.504 e. The normalized spacial score (nSPS) is 12.4. The maximum atomic E-state index is 10.7. The molecule has 0 aliphatic carbocycles. The third kappa shape index (κ3) is 5.63. The number of carboxylic acids is 1. The summed E-state index contributed by atoms with van der Waals surface area (Å²) in [6, 6.07) is 5.64. The van der Waals surface area contributed by atoms with Crippen LogP contribution in [0.4, 0.5) is 0 Å². The van der Waals surface area contributed by atoms with Crippen molar-refractivity contribution in [3.8, 4) is 11.5 Å². The molecule has 0 spiro atoms. The first-order valence-electron chi connectivity index (χ1n) is 7.34. The van der Waals surface area contributed by atoms with Gasteiger partial charge < -0.3 is 19.8 Å². The monoisotopic (exact) mass is 295 g/mol. The number of hydrogen-bond donors (Lipinski definition) is 2. The fourth-order valence-corrected chi connectivity index (χ4v) is 2.30. The van der Waals surface area contributed by atoms with E-state index in [9.17, 15) is 9.90 Å². The lowest BCUT2D eigenvalue weighted by Crippen LogP contribution is -2.34. The largest absolute Gasteiger partial charge is 0.504 e. The van der Waals surface area contributed by atoms with Crippen molar-refractivity contribution in [3.63, 3.8) is 0 Å². The Bertz CT molecular complexity index is 462. The highest BCUT2D eigenvalue weighted by Crippen LogP contribution is 2.27. The quantitative estimate of drug-likeness (QED) is 0.732. The summed E-state index contributed by atoms with van der Waals surface area (Å²) in [5, 5.41) is 18.5. The maximum Gasteiger partial charge on any atom is 0.304 e. The fraction of sp³-hybridized carbons (Fsp3) is 0.562. The van der Waals surface area contributed by atoms with E-state index < -0.39 is 5.97 Å². The molecule has 1 aromatic carbocycles. The minimum absolute atomic E-state index is 0.146. The number of carboxylic acid groups (broad SMARTS) is 1. The average molecular weight is 295 g/mol. The zero-order chi connectivity index (χ0) is 15.8. The van der Waals surface area contributed by atoms with Gasteiger partial charge in [0.2, 0.25) is 0 Å². The predicted octanol–water partition coefficient (Wildman–Crippen LogP) is 2.52. The van der Waals surface area contributed by atoms with Crippen LogP contribution in [0.15, 0.2) is 18.2 Å². The van der Waals surface area contributed by atoms with Crippen LogP contribution in [0.3, 0.4) is 0 Å². The van der Waals surface area contributed by atoms with Gasteiger partial charge in [-0.2, -0.15) is 0 Å². The Balaban J connectivity index is 2.72. The highest BCUT2D eigenvalue weighted by atomic mass is 16.5. The van der Waals surface area contributed by atoms with Crippen LogP contribution < -0.4 is 4.74 Å². The van der Waals surface area contributed by atoms with E-state index in [1.165, 1.54) is 0 Å². The first-order chi connectivity index (χ1) is 9.97. The Morgan fingerprint density at radius 1 is 1.38 bits per heavy atom. The number of aromatic hydroxyl groups is 1. The maximum absolute atomic E-state index is 10.7. The molecular formula is C16H25NO4. The fourth-order valence-electron chi connectivity index (χ4n) is 2.30. The van der Waals surface area contributed by atoms with Gasteiger partial charge in [0.15, 0.2) is 11.5 Å². The van der Waals surface area contributed by atoms with Gasteiger partial charge in [-0.3, -0.25) is 4.79 Å². The van der Waals surface area contributed by atoms with Crippen molar-refractivity contribution in [3.05, 3.63) is 23.8 Å². The molecule has 0 aliphatic heterocycles. The number of ether oxygens (including phenoxy) is 1. The van der Waals surface area contributed by atoms with Gasteiger partial charge in [-0.25, -0.2) is 0 Å². The van der Waals surface area contributed by atoms with Gasteiger partial charge in [0.05, 0.1) is 13.0 Å². The first kappa shape index (κ1) is 17.3. The van der Waals surface area contributed by atoms with Crippen molar-refractivity contribution in [2.75, 3.05) is 20.2 Å². The van der Waals surface area contributed by atoms with Crippen molar-refractivity contribution in [2.24, 2.45) is 0 Å². The van der Waals surface area contributed by atoms with Crippen molar-refractivity contribution in [1.82, 2.24) is 4.90 Å². The average Bonchev–Trinajstić information content (AvgIpc) is 2.45. The summed E-state index contributed by atoms with van der Waals surface area (Å²) < 4.78 is 5.39. The van der Waals surface area contributed by atoms with Gasteiger partial charge in [-0.1, -0.05) is 13.0 Å². The first-order valence-corrected chi connectivity index (χ1v) is 7.34. The Kier molecular flexibility index (Phi) is 7.02. The number of hydrogen-bond acceptors (Lipinski definition) is 4. The van der Waals surface area contributed by atoms with E-state index in [0.29, 0.717) is 18.9 Å². The second-order valence-electron chi connectivity index (χ2n) is 5.13. The van der Waals surface area contributed by atoms with Gasteiger partial charge in [0.25, 0.3) is 0 Å². The molecule has 5 heteroatoms. The summed E-state index contributed by atoms with van der Waals surface area (Å²) in [5.74, 6) is -0.133. The molecule has 0 bridgehead atoms. The number of nitrogens with zero attached hydrogens (tertiary/aromatic N) is 1. The van der Waals surface area contributed by atoms with Crippen LogP contribution in [-0.2, 0) is 11.2 Å².